The molecule has 1 fully saturated rings. The molecule has 1 saturated heterocycles. The van der Waals surface area contributed by atoms with Crippen molar-refractivity contribution in [2.45, 2.75) is 6.29 Å². The maximum absolute atomic E-state index is 9.25. The summed E-state index contributed by atoms with van der Waals surface area (Å²) in [5.74, 6) is 0. The van der Waals surface area contributed by atoms with E-state index >= 15 is 0 Å². The van der Waals surface area contributed by atoms with Gasteiger partial charge < -0.3 is 15.3 Å². The molecule has 0 spiro atoms. The lowest BCUT2D eigenvalue weighted by atomic mass is 10.3. The molecule has 1 aromatic carbocycles. The van der Waals surface area contributed by atoms with Gasteiger partial charge in [0.2, 0.25) is 0 Å². The molecule has 1 unspecified atom stereocenters. The van der Waals surface area contributed by atoms with Crippen LogP contribution in [-0.4, -0.2) is 36.1 Å². The number of ether oxygens (including phenoxy) is 1. The van der Waals surface area contributed by atoms with E-state index < -0.39 is 6.29 Å². The number of rotatable bonds is 2. The quantitative estimate of drug-likeness (QED) is 0.726. The van der Waals surface area contributed by atoms with E-state index in [1.165, 1.54) is 0 Å². The standard InChI is InChI=1S/C10H14N2O2/c13-10-8-12(6-7-14-10)11-9-4-2-1-3-5-9/h1-5,10-11,13H,6-8H2. The van der Waals surface area contributed by atoms with Gasteiger partial charge in [0.1, 0.15) is 0 Å². The first-order valence-electron chi connectivity index (χ1n) is 4.71. The van der Waals surface area contributed by atoms with Gasteiger partial charge in [-0.1, -0.05) is 18.2 Å². The van der Waals surface area contributed by atoms with Crippen molar-refractivity contribution in [2.24, 2.45) is 0 Å². The zero-order valence-electron chi connectivity index (χ0n) is 7.89. The fourth-order valence-corrected chi connectivity index (χ4v) is 1.43. The lowest BCUT2D eigenvalue weighted by Crippen LogP contribution is -2.45. The van der Waals surface area contributed by atoms with Crippen LogP contribution < -0.4 is 5.43 Å². The minimum Gasteiger partial charge on any atom is -0.367 e. The second kappa shape index (κ2) is 4.41. The molecule has 0 amide bonds. The Morgan fingerprint density at radius 1 is 1.36 bits per heavy atom. The number of aliphatic hydroxyl groups excluding tert-OH is 1. The van der Waals surface area contributed by atoms with Gasteiger partial charge in [0, 0.05) is 12.2 Å². The van der Waals surface area contributed by atoms with Gasteiger partial charge in [0.15, 0.2) is 6.29 Å². The molecular weight excluding hydrogens is 180 g/mol. The third kappa shape index (κ3) is 2.45. The minimum absolute atomic E-state index is 0.495. The molecule has 4 nitrogen and oxygen atoms in total. The molecule has 2 rings (SSSR count). The predicted molar refractivity (Wildman–Crippen MR) is 53.6 cm³/mol. The Kier molecular flexibility index (Phi) is 2.98. The van der Waals surface area contributed by atoms with Crippen molar-refractivity contribution in [1.29, 1.82) is 0 Å². The average Bonchev–Trinajstić information content (AvgIpc) is 2.19. The van der Waals surface area contributed by atoms with Gasteiger partial charge in [-0.3, -0.25) is 0 Å². The Balaban J connectivity index is 1.91. The van der Waals surface area contributed by atoms with Crippen molar-refractivity contribution < 1.29 is 9.84 Å². The lowest BCUT2D eigenvalue weighted by Gasteiger charge is -2.30. The highest BCUT2D eigenvalue weighted by molar-refractivity contribution is 5.41. The van der Waals surface area contributed by atoms with Gasteiger partial charge in [-0.25, -0.2) is 5.01 Å². The number of β-amino-alcohol motifs (C(OH)–C–C–N with tert-alkyl or cyclic N) is 1. The minimum atomic E-state index is -0.681. The molecule has 1 heterocycles. The van der Waals surface area contributed by atoms with Crippen LogP contribution in [0.2, 0.25) is 0 Å². The molecule has 2 N–H and O–H groups in total. The van der Waals surface area contributed by atoms with Crippen LogP contribution in [-0.2, 0) is 4.74 Å². The molecule has 0 radical (unpaired) electrons. The summed E-state index contributed by atoms with van der Waals surface area (Å²) in [6.07, 6.45) is -0.681. The lowest BCUT2D eigenvalue weighted by molar-refractivity contribution is -0.141. The van der Waals surface area contributed by atoms with Crippen molar-refractivity contribution in [1.82, 2.24) is 5.01 Å². The number of aliphatic hydroxyl groups is 1. The van der Waals surface area contributed by atoms with Gasteiger partial charge in [-0.2, -0.15) is 0 Å². The van der Waals surface area contributed by atoms with Gasteiger partial charge in [-0.05, 0) is 12.1 Å². The summed E-state index contributed by atoms with van der Waals surface area (Å²) in [6, 6.07) is 9.89. The number of benzene rings is 1. The Morgan fingerprint density at radius 3 is 2.86 bits per heavy atom. The van der Waals surface area contributed by atoms with Gasteiger partial charge in [0.25, 0.3) is 0 Å². The normalized spacial score (nSPS) is 23.4. The molecule has 1 aliphatic heterocycles. The van der Waals surface area contributed by atoms with Crippen LogP contribution in [0.1, 0.15) is 0 Å². The number of para-hydroxylation sites is 1. The third-order valence-corrected chi connectivity index (χ3v) is 2.11. The summed E-state index contributed by atoms with van der Waals surface area (Å²) in [5.41, 5.74) is 4.23. The first-order chi connectivity index (χ1) is 6.84. The number of hydrogen-bond acceptors (Lipinski definition) is 4. The van der Waals surface area contributed by atoms with Crippen LogP contribution in [0, 0.1) is 0 Å². The summed E-state index contributed by atoms with van der Waals surface area (Å²) in [6.45, 7) is 1.84. The number of hydrogen-bond donors (Lipinski definition) is 2. The van der Waals surface area contributed by atoms with E-state index in [1.807, 2.05) is 35.3 Å². The fourth-order valence-electron chi connectivity index (χ4n) is 1.43. The topological polar surface area (TPSA) is 44.7 Å². The van der Waals surface area contributed by atoms with Crippen LogP contribution in [0.3, 0.4) is 0 Å². The average molecular weight is 194 g/mol. The second-order valence-corrected chi connectivity index (χ2v) is 3.25. The highest BCUT2D eigenvalue weighted by Crippen LogP contribution is 2.09. The van der Waals surface area contributed by atoms with E-state index in [-0.39, 0.29) is 0 Å². The van der Waals surface area contributed by atoms with E-state index in [2.05, 4.69) is 5.43 Å². The van der Waals surface area contributed by atoms with Crippen LogP contribution in [0.4, 0.5) is 5.69 Å². The Morgan fingerprint density at radius 2 is 2.14 bits per heavy atom. The monoisotopic (exact) mass is 194 g/mol. The zero-order chi connectivity index (χ0) is 9.80. The largest absolute Gasteiger partial charge is 0.367 e. The molecule has 1 aromatic rings. The molecule has 14 heavy (non-hydrogen) atoms. The second-order valence-electron chi connectivity index (χ2n) is 3.25. The van der Waals surface area contributed by atoms with Crippen LogP contribution in [0.5, 0.6) is 0 Å². The fraction of sp³-hybridized carbons (Fsp3) is 0.400. The van der Waals surface area contributed by atoms with E-state index in [0.29, 0.717) is 13.2 Å². The molecule has 4 heteroatoms. The Hall–Kier alpha value is -1.10. The molecule has 0 saturated carbocycles. The van der Waals surface area contributed by atoms with E-state index in [1.54, 1.807) is 0 Å². The first kappa shape index (κ1) is 9.45. The summed E-state index contributed by atoms with van der Waals surface area (Å²) in [7, 11) is 0. The maximum Gasteiger partial charge on any atom is 0.169 e. The molecule has 1 aliphatic rings. The van der Waals surface area contributed by atoms with Crippen molar-refractivity contribution in [3.8, 4) is 0 Å². The number of nitrogens with zero attached hydrogens (tertiary/aromatic N) is 1. The van der Waals surface area contributed by atoms with Crippen molar-refractivity contribution in [2.75, 3.05) is 25.1 Å². The predicted octanol–water partition coefficient (Wildman–Crippen LogP) is 0.664. The summed E-state index contributed by atoms with van der Waals surface area (Å²) in [5, 5.41) is 11.2. The molecule has 1 atom stereocenters. The molecule has 0 aromatic heterocycles. The zero-order valence-corrected chi connectivity index (χ0v) is 7.89. The smallest absolute Gasteiger partial charge is 0.169 e. The van der Waals surface area contributed by atoms with Gasteiger partial charge >= 0.3 is 0 Å². The highest BCUT2D eigenvalue weighted by Gasteiger charge is 2.17. The van der Waals surface area contributed by atoms with Gasteiger partial charge in [-0.15, -0.1) is 0 Å². The van der Waals surface area contributed by atoms with Crippen LogP contribution in [0.25, 0.3) is 0 Å². The molecule has 76 valence electrons. The third-order valence-electron chi connectivity index (χ3n) is 2.11. The van der Waals surface area contributed by atoms with E-state index in [0.717, 1.165) is 12.2 Å². The summed E-state index contributed by atoms with van der Waals surface area (Å²) < 4.78 is 5.02. The maximum atomic E-state index is 9.25. The molecule has 0 bridgehead atoms. The number of hydrazine groups is 1. The molecule has 0 aliphatic carbocycles. The Bertz CT molecular complexity index is 279. The van der Waals surface area contributed by atoms with Crippen molar-refractivity contribution in [3.05, 3.63) is 30.3 Å². The van der Waals surface area contributed by atoms with E-state index in [9.17, 15) is 5.11 Å². The SMILES string of the molecule is OC1CN(Nc2ccccc2)CCO1. The van der Waals surface area contributed by atoms with Crippen LogP contribution in [0.15, 0.2) is 30.3 Å². The summed E-state index contributed by atoms with van der Waals surface area (Å²) >= 11 is 0. The number of nitrogens with one attached hydrogen (secondary N) is 1. The number of morpholine rings is 1. The number of anilines is 1. The van der Waals surface area contributed by atoms with Gasteiger partial charge in [0.05, 0.1) is 13.2 Å². The van der Waals surface area contributed by atoms with Crippen LogP contribution >= 0.6 is 0 Å². The Labute approximate surface area is 83.1 Å². The first-order valence-corrected chi connectivity index (χ1v) is 4.71. The molecular formula is C10H14N2O2. The summed E-state index contributed by atoms with van der Waals surface area (Å²) in [4.78, 5) is 0. The van der Waals surface area contributed by atoms with E-state index in [4.69, 9.17) is 4.74 Å². The van der Waals surface area contributed by atoms with Crippen molar-refractivity contribution in [3.63, 3.8) is 0 Å². The highest BCUT2D eigenvalue weighted by atomic mass is 16.6. The van der Waals surface area contributed by atoms with Crippen molar-refractivity contribution >= 4 is 5.69 Å².